The van der Waals surface area contributed by atoms with Crippen molar-refractivity contribution in [2.45, 2.75) is 44.6 Å². The van der Waals surface area contributed by atoms with Crippen LogP contribution in [0.15, 0.2) is 48.8 Å². The van der Waals surface area contributed by atoms with E-state index >= 15 is 0 Å². The highest BCUT2D eigenvalue weighted by molar-refractivity contribution is 6.30. The second-order valence-electron chi connectivity index (χ2n) is 8.98. The van der Waals surface area contributed by atoms with Gasteiger partial charge >= 0.3 is 0 Å². The second-order valence-corrected chi connectivity index (χ2v) is 9.41. The highest BCUT2D eigenvalue weighted by Gasteiger charge is 2.20. The summed E-state index contributed by atoms with van der Waals surface area (Å²) in [5.41, 5.74) is 0.101. The summed E-state index contributed by atoms with van der Waals surface area (Å²) in [5.74, 6) is -0.302. The third kappa shape index (κ3) is 12.0. The summed E-state index contributed by atoms with van der Waals surface area (Å²) >= 11 is 5.85. The lowest BCUT2D eigenvalue weighted by Crippen LogP contribution is -2.41. The molecule has 0 unspecified atom stereocenters. The molecule has 10 nitrogen and oxygen atoms in total. The smallest absolute Gasteiger partial charge is 0.225 e. The van der Waals surface area contributed by atoms with Crippen molar-refractivity contribution in [1.82, 2.24) is 20.6 Å². The number of aliphatic hydroxyl groups is 2. The standard InChI is InChI=1S/C26H37ClFN5O5/c1-19(28)21(14-25(37)29-9-6-24(36)32-23(17-34)18-35)5-3-13-38-12-2-4-20-7-10-33(11-8-20)26-30-15-22(27)16-31-26/h3,5,13,15-16,20,23,34-35H,1-2,4,6-12,14,17-18H2,(H,29,37)(H,32,36)/b13-3+,21-5-. The molecule has 0 aromatic carbocycles. The van der Waals surface area contributed by atoms with Crippen molar-refractivity contribution in [2.75, 3.05) is 44.4 Å². The number of allylic oxidation sites excluding steroid dienone is 3. The first-order valence-electron chi connectivity index (χ1n) is 12.6. The molecule has 38 heavy (non-hydrogen) atoms. The highest BCUT2D eigenvalue weighted by Crippen LogP contribution is 2.24. The lowest BCUT2D eigenvalue weighted by Gasteiger charge is -2.31. The molecule has 0 saturated carbocycles. The van der Waals surface area contributed by atoms with Gasteiger partial charge in [0.1, 0.15) is 5.83 Å². The normalized spacial score (nSPS) is 14.7. The van der Waals surface area contributed by atoms with E-state index in [2.05, 4.69) is 32.1 Å². The van der Waals surface area contributed by atoms with Crippen molar-refractivity contribution in [3.05, 3.63) is 53.8 Å². The van der Waals surface area contributed by atoms with Crippen molar-refractivity contribution >= 4 is 29.4 Å². The minimum absolute atomic E-state index is 0.0349. The van der Waals surface area contributed by atoms with Crippen LogP contribution in [0.5, 0.6) is 0 Å². The van der Waals surface area contributed by atoms with Crippen molar-refractivity contribution in [3.8, 4) is 0 Å². The Labute approximate surface area is 227 Å². The summed E-state index contributed by atoms with van der Waals surface area (Å²) in [7, 11) is 0. The molecular weight excluding hydrogens is 517 g/mol. The number of hydrogen-bond acceptors (Lipinski definition) is 8. The quantitative estimate of drug-likeness (QED) is 0.139. The van der Waals surface area contributed by atoms with Gasteiger partial charge in [0.05, 0.1) is 56.0 Å². The summed E-state index contributed by atoms with van der Waals surface area (Å²) in [6.07, 6.45) is 11.4. The predicted octanol–water partition coefficient (Wildman–Crippen LogP) is 2.43. The molecule has 1 aromatic rings. The summed E-state index contributed by atoms with van der Waals surface area (Å²) < 4.78 is 19.2. The van der Waals surface area contributed by atoms with Crippen LogP contribution in [0.3, 0.4) is 0 Å². The minimum atomic E-state index is -0.744. The van der Waals surface area contributed by atoms with Gasteiger partial charge < -0.3 is 30.5 Å². The predicted molar refractivity (Wildman–Crippen MR) is 143 cm³/mol. The van der Waals surface area contributed by atoms with Crippen molar-refractivity contribution in [1.29, 1.82) is 0 Å². The fourth-order valence-corrected chi connectivity index (χ4v) is 3.97. The molecule has 1 aromatic heterocycles. The first-order chi connectivity index (χ1) is 18.3. The topological polar surface area (TPSA) is 137 Å². The van der Waals surface area contributed by atoms with E-state index < -0.39 is 23.7 Å². The molecule has 2 heterocycles. The maximum absolute atomic E-state index is 13.7. The lowest BCUT2D eigenvalue weighted by atomic mass is 9.92. The van der Waals surface area contributed by atoms with Gasteiger partial charge in [0.25, 0.3) is 0 Å². The Balaban J connectivity index is 1.61. The first-order valence-corrected chi connectivity index (χ1v) is 13.0. The Bertz CT molecular complexity index is 948. The number of piperidine rings is 1. The van der Waals surface area contributed by atoms with Crippen molar-refractivity contribution in [3.63, 3.8) is 0 Å². The van der Waals surface area contributed by atoms with Crippen LogP contribution >= 0.6 is 11.6 Å². The summed E-state index contributed by atoms with van der Waals surface area (Å²) in [5, 5.41) is 23.4. The molecule has 0 atom stereocenters. The van der Waals surface area contributed by atoms with Gasteiger partial charge in [-0.1, -0.05) is 24.3 Å². The van der Waals surface area contributed by atoms with Crippen LogP contribution < -0.4 is 15.5 Å². The van der Waals surface area contributed by atoms with E-state index in [1.54, 1.807) is 12.4 Å². The molecule has 1 aliphatic rings. The van der Waals surface area contributed by atoms with Gasteiger partial charge in [-0.15, -0.1) is 0 Å². The van der Waals surface area contributed by atoms with E-state index in [1.807, 2.05) is 0 Å². The number of amides is 2. The zero-order valence-corrected chi connectivity index (χ0v) is 22.2. The third-order valence-corrected chi connectivity index (χ3v) is 6.23. The van der Waals surface area contributed by atoms with Crippen LogP contribution in [0.4, 0.5) is 10.3 Å². The summed E-state index contributed by atoms with van der Waals surface area (Å²) in [4.78, 5) is 34.5. The first kappa shape index (κ1) is 31.2. The lowest BCUT2D eigenvalue weighted by molar-refractivity contribution is -0.123. The Hall–Kier alpha value is -3.02. The van der Waals surface area contributed by atoms with Gasteiger partial charge in [-0.2, -0.15) is 0 Å². The molecule has 0 bridgehead atoms. The molecule has 0 radical (unpaired) electrons. The molecule has 1 fully saturated rings. The zero-order chi connectivity index (χ0) is 27.8. The monoisotopic (exact) mass is 553 g/mol. The number of aliphatic hydroxyl groups excluding tert-OH is 2. The molecule has 4 N–H and O–H groups in total. The average Bonchev–Trinajstić information content (AvgIpc) is 2.91. The molecular formula is C26H37ClFN5O5. The number of halogens is 2. The number of ether oxygens (including phenoxy) is 1. The maximum atomic E-state index is 13.7. The molecule has 1 saturated heterocycles. The minimum Gasteiger partial charge on any atom is -0.501 e. The van der Waals surface area contributed by atoms with Crippen LogP contribution in [-0.2, 0) is 14.3 Å². The Morgan fingerprint density at radius 2 is 1.92 bits per heavy atom. The third-order valence-electron chi connectivity index (χ3n) is 6.03. The van der Waals surface area contributed by atoms with Crippen LogP contribution in [0.2, 0.25) is 5.02 Å². The summed E-state index contributed by atoms with van der Waals surface area (Å²) in [6.45, 7) is 4.86. The van der Waals surface area contributed by atoms with Crippen LogP contribution in [-0.4, -0.2) is 77.5 Å². The maximum Gasteiger partial charge on any atom is 0.225 e. The molecule has 1 aliphatic heterocycles. The number of hydrogen-bond donors (Lipinski definition) is 4. The van der Waals surface area contributed by atoms with E-state index in [0.29, 0.717) is 23.5 Å². The Morgan fingerprint density at radius 3 is 2.55 bits per heavy atom. The van der Waals surface area contributed by atoms with Gasteiger partial charge in [0, 0.05) is 26.1 Å². The van der Waals surface area contributed by atoms with Gasteiger partial charge in [-0.25, -0.2) is 14.4 Å². The molecule has 2 rings (SSSR count). The fraction of sp³-hybridized carbons (Fsp3) is 0.538. The second kappa shape index (κ2) is 17.5. The van der Waals surface area contributed by atoms with Gasteiger partial charge in [-0.3, -0.25) is 9.59 Å². The van der Waals surface area contributed by atoms with Gasteiger partial charge in [0.2, 0.25) is 17.8 Å². The van der Waals surface area contributed by atoms with E-state index in [4.69, 9.17) is 26.6 Å². The number of aromatic nitrogens is 2. The van der Waals surface area contributed by atoms with Crippen LogP contribution in [0, 0.1) is 5.92 Å². The molecule has 0 spiro atoms. The van der Waals surface area contributed by atoms with E-state index in [1.165, 1.54) is 18.4 Å². The number of carbonyl (C=O) groups excluding carboxylic acids is 2. The molecule has 210 valence electrons. The van der Waals surface area contributed by atoms with E-state index in [9.17, 15) is 14.0 Å². The molecule has 0 aliphatic carbocycles. The largest absolute Gasteiger partial charge is 0.501 e. The Kier molecular flexibility index (Phi) is 14.4. The fourth-order valence-electron chi connectivity index (χ4n) is 3.87. The van der Waals surface area contributed by atoms with Crippen LogP contribution in [0.25, 0.3) is 0 Å². The highest BCUT2D eigenvalue weighted by atomic mass is 35.5. The zero-order valence-electron chi connectivity index (χ0n) is 21.5. The number of nitrogens with one attached hydrogen (secondary N) is 2. The van der Waals surface area contributed by atoms with Crippen molar-refractivity contribution in [2.24, 2.45) is 5.92 Å². The Morgan fingerprint density at radius 1 is 1.24 bits per heavy atom. The number of rotatable bonds is 16. The average molecular weight is 554 g/mol. The molecule has 12 heteroatoms. The number of nitrogens with zero attached hydrogens (tertiary/aromatic N) is 3. The number of carbonyl (C=O) groups is 2. The van der Waals surface area contributed by atoms with Gasteiger partial charge in [0.15, 0.2) is 0 Å². The van der Waals surface area contributed by atoms with Crippen LogP contribution in [0.1, 0.15) is 38.5 Å². The SMILES string of the molecule is C=C(F)/C(=C\C=C\OCCCC1CCN(c2ncc(Cl)cn2)CC1)CC(=O)NCCC(=O)NC(CO)CO. The van der Waals surface area contributed by atoms with E-state index in [-0.39, 0.29) is 38.2 Å². The molecule has 2 amide bonds. The van der Waals surface area contributed by atoms with E-state index in [0.717, 1.165) is 38.8 Å². The summed E-state index contributed by atoms with van der Waals surface area (Å²) in [6, 6.07) is -0.744. The van der Waals surface area contributed by atoms with Gasteiger partial charge in [-0.05, 0) is 43.3 Å². The number of anilines is 1. The van der Waals surface area contributed by atoms with Crippen molar-refractivity contribution < 1.29 is 28.9 Å².